The van der Waals surface area contributed by atoms with Crippen LogP contribution in [0.3, 0.4) is 0 Å². The van der Waals surface area contributed by atoms with E-state index in [-0.39, 0.29) is 0 Å². The van der Waals surface area contributed by atoms with Crippen molar-refractivity contribution in [2.24, 2.45) is 23.0 Å². The van der Waals surface area contributed by atoms with Gasteiger partial charge in [-0.25, -0.2) is 0 Å². The highest BCUT2D eigenvalue weighted by atomic mass is 16.5. The van der Waals surface area contributed by atoms with E-state index >= 15 is 0 Å². The molecule has 3 heteroatoms. The lowest BCUT2D eigenvalue weighted by Crippen LogP contribution is -2.37. The number of benzene rings is 1. The van der Waals surface area contributed by atoms with Crippen LogP contribution in [0.15, 0.2) is 24.3 Å². The van der Waals surface area contributed by atoms with Crippen LogP contribution < -0.4 is 15.2 Å². The average Bonchev–Trinajstić information content (AvgIpc) is 3.09. The molecule has 2 N–H and O–H groups in total. The highest BCUT2D eigenvalue weighted by Crippen LogP contribution is 2.57. The van der Waals surface area contributed by atoms with Crippen LogP contribution in [0.5, 0.6) is 11.5 Å². The van der Waals surface area contributed by atoms with Crippen molar-refractivity contribution in [1.82, 2.24) is 0 Å². The van der Waals surface area contributed by atoms with Gasteiger partial charge in [0.15, 0.2) is 0 Å². The van der Waals surface area contributed by atoms with Crippen molar-refractivity contribution in [2.75, 3.05) is 20.3 Å². The van der Waals surface area contributed by atoms with Crippen molar-refractivity contribution < 1.29 is 9.47 Å². The van der Waals surface area contributed by atoms with Crippen molar-refractivity contribution in [2.45, 2.75) is 32.1 Å². The Bertz CT molecular complexity index is 445. The second kappa shape index (κ2) is 5.65. The zero-order valence-corrected chi connectivity index (χ0v) is 12.3. The number of hydrogen-bond donors (Lipinski definition) is 1. The Morgan fingerprint density at radius 2 is 1.95 bits per heavy atom. The predicted octanol–water partition coefficient (Wildman–Crippen LogP) is 3.23. The quantitative estimate of drug-likeness (QED) is 0.867. The molecule has 0 saturated heterocycles. The molecule has 2 aliphatic carbocycles. The SMILES string of the molecule is COc1ccc(OCCC2(CN)CC3CCC2C3)cc1. The fraction of sp³-hybridized carbons (Fsp3) is 0.647. The molecule has 0 spiro atoms. The summed E-state index contributed by atoms with van der Waals surface area (Å²) in [5, 5.41) is 0. The van der Waals surface area contributed by atoms with E-state index in [1.807, 2.05) is 24.3 Å². The summed E-state index contributed by atoms with van der Waals surface area (Å²) in [7, 11) is 1.68. The number of hydrogen-bond acceptors (Lipinski definition) is 3. The zero-order chi connectivity index (χ0) is 14.0. The molecule has 0 heterocycles. The van der Waals surface area contributed by atoms with E-state index in [2.05, 4.69) is 0 Å². The average molecular weight is 275 g/mol. The molecule has 1 aromatic rings. The Balaban J connectivity index is 1.53. The highest BCUT2D eigenvalue weighted by Gasteiger charge is 2.49. The normalized spacial score (nSPS) is 31.5. The first-order chi connectivity index (χ1) is 9.75. The van der Waals surface area contributed by atoms with Crippen LogP contribution in [0.4, 0.5) is 0 Å². The Morgan fingerprint density at radius 1 is 1.20 bits per heavy atom. The molecule has 0 radical (unpaired) electrons. The monoisotopic (exact) mass is 275 g/mol. The van der Waals surface area contributed by atoms with Crippen molar-refractivity contribution in [3.63, 3.8) is 0 Å². The fourth-order valence-corrected chi connectivity index (χ4v) is 4.26. The van der Waals surface area contributed by atoms with E-state index in [1.54, 1.807) is 7.11 Å². The van der Waals surface area contributed by atoms with Crippen LogP contribution in [-0.2, 0) is 0 Å². The molecule has 3 unspecified atom stereocenters. The van der Waals surface area contributed by atoms with Crippen molar-refractivity contribution in [3.8, 4) is 11.5 Å². The van der Waals surface area contributed by atoms with Gasteiger partial charge in [0.05, 0.1) is 13.7 Å². The van der Waals surface area contributed by atoms with Gasteiger partial charge < -0.3 is 15.2 Å². The third-order valence-corrected chi connectivity index (χ3v) is 5.44. The Kier molecular flexibility index (Phi) is 3.88. The lowest BCUT2D eigenvalue weighted by Gasteiger charge is -2.36. The number of fused-ring (bicyclic) bond motifs is 2. The summed E-state index contributed by atoms with van der Waals surface area (Å²) < 4.78 is 11.0. The Hall–Kier alpha value is -1.22. The molecular weight excluding hydrogens is 250 g/mol. The van der Waals surface area contributed by atoms with Gasteiger partial charge in [-0.3, -0.25) is 0 Å². The Morgan fingerprint density at radius 3 is 2.50 bits per heavy atom. The molecule has 2 aliphatic rings. The third-order valence-electron chi connectivity index (χ3n) is 5.44. The van der Waals surface area contributed by atoms with Gasteiger partial charge in [0, 0.05) is 0 Å². The van der Waals surface area contributed by atoms with E-state index in [1.165, 1.54) is 25.7 Å². The Labute approximate surface area is 121 Å². The van der Waals surface area contributed by atoms with Gasteiger partial charge in [0.1, 0.15) is 11.5 Å². The van der Waals surface area contributed by atoms with Crippen LogP contribution >= 0.6 is 0 Å². The van der Waals surface area contributed by atoms with Gasteiger partial charge >= 0.3 is 0 Å². The molecule has 110 valence electrons. The standard InChI is InChI=1S/C17H25NO2/c1-19-15-4-6-16(7-5-15)20-9-8-17(12-18)11-13-2-3-14(17)10-13/h4-7,13-14H,2-3,8-12,18H2,1H3. The maximum Gasteiger partial charge on any atom is 0.119 e. The van der Waals surface area contributed by atoms with E-state index in [9.17, 15) is 0 Å². The molecule has 20 heavy (non-hydrogen) atoms. The topological polar surface area (TPSA) is 44.5 Å². The minimum atomic E-state index is 0.357. The minimum absolute atomic E-state index is 0.357. The molecule has 2 bridgehead atoms. The molecule has 0 aromatic heterocycles. The second-order valence-electron chi connectivity index (χ2n) is 6.42. The second-order valence-corrected chi connectivity index (χ2v) is 6.42. The highest BCUT2D eigenvalue weighted by molar-refractivity contribution is 5.31. The minimum Gasteiger partial charge on any atom is -0.497 e. The molecule has 0 amide bonds. The summed E-state index contributed by atoms with van der Waals surface area (Å²) >= 11 is 0. The fourth-order valence-electron chi connectivity index (χ4n) is 4.26. The van der Waals surface area contributed by atoms with Crippen molar-refractivity contribution >= 4 is 0 Å². The van der Waals surface area contributed by atoms with Crippen LogP contribution in [0.25, 0.3) is 0 Å². The summed E-state index contributed by atoms with van der Waals surface area (Å²) in [6.07, 6.45) is 6.62. The third kappa shape index (κ3) is 2.51. The zero-order valence-electron chi connectivity index (χ0n) is 12.3. The maximum atomic E-state index is 6.10. The lowest BCUT2D eigenvalue weighted by molar-refractivity contribution is 0.125. The van der Waals surface area contributed by atoms with E-state index < -0.39 is 0 Å². The molecular formula is C17H25NO2. The summed E-state index contributed by atoms with van der Waals surface area (Å²) in [4.78, 5) is 0. The predicted molar refractivity (Wildman–Crippen MR) is 80.0 cm³/mol. The first-order valence-electron chi connectivity index (χ1n) is 7.73. The number of ether oxygens (including phenoxy) is 2. The van der Waals surface area contributed by atoms with Gasteiger partial charge in [-0.15, -0.1) is 0 Å². The van der Waals surface area contributed by atoms with E-state index in [4.69, 9.17) is 15.2 Å². The maximum absolute atomic E-state index is 6.10. The molecule has 2 saturated carbocycles. The summed E-state index contributed by atoms with van der Waals surface area (Å²) in [5.74, 6) is 3.56. The first-order valence-corrected chi connectivity index (χ1v) is 7.73. The van der Waals surface area contributed by atoms with E-state index in [0.717, 1.165) is 42.9 Å². The molecule has 2 fully saturated rings. The van der Waals surface area contributed by atoms with Crippen LogP contribution in [0, 0.1) is 17.3 Å². The smallest absolute Gasteiger partial charge is 0.119 e. The van der Waals surface area contributed by atoms with Gasteiger partial charge in [-0.05, 0) is 73.7 Å². The van der Waals surface area contributed by atoms with Crippen LogP contribution in [0.1, 0.15) is 32.1 Å². The number of nitrogens with two attached hydrogens (primary N) is 1. The number of methoxy groups -OCH3 is 1. The van der Waals surface area contributed by atoms with Crippen LogP contribution in [-0.4, -0.2) is 20.3 Å². The van der Waals surface area contributed by atoms with Crippen molar-refractivity contribution in [3.05, 3.63) is 24.3 Å². The summed E-state index contributed by atoms with van der Waals surface area (Å²) in [5.41, 5.74) is 6.46. The summed E-state index contributed by atoms with van der Waals surface area (Å²) in [6, 6.07) is 7.81. The summed E-state index contributed by atoms with van der Waals surface area (Å²) in [6.45, 7) is 1.59. The lowest BCUT2D eigenvalue weighted by atomic mass is 9.71. The van der Waals surface area contributed by atoms with Gasteiger partial charge in [-0.2, -0.15) is 0 Å². The molecule has 1 aromatic carbocycles. The van der Waals surface area contributed by atoms with Gasteiger partial charge in [0.2, 0.25) is 0 Å². The molecule has 3 rings (SSSR count). The van der Waals surface area contributed by atoms with Crippen molar-refractivity contribution in [1.29, 1.82) is 0 Å². The van der Waals surface area contributed by atoms with E-state index in [0.29, 0.717) is 5.41 Å². The van der Waals surface area contributed by atoms with Gasteiger partial charge in [0.25, 0.3) is 0 Å². The molecule has 3 atom stereocenters. The molecule has 0 aliphatic heterocycles. The van der Waals surface area contributed by atoms with Crippen LogP contribution in [0.2, 0.25) is 0 Å². The van der Waals surface area contributed by atoms with Gasteiger partial charge in [-0.1, -0.05) is 6.42 Å². The largest absolute Gasteiger partial charge is 0.497 e. The number of rotatable bonds is 6. The first kappa shape index (κ1) is 13.7. The molecule has 3 nitrogen and oxygen atoms in total.